The molecule has 0 fully saturated rings. The quantitative estimate of drug-likeness (QED) is 0.167. The molecule has 5 aromatic carbocycles. The highest BCUT2D eigenvalue weighted by molar-refractivity contribution is 14.2. The predicted molar refractivity (Wildman–Crippen MR) is 201 cm³/mol. The Morgan fingerprint density at radius 3 is 2.04 bits per heavy atom. The molecule has 4 heterocycles. The molecule has 9 rings (SSSR count). The van der Waals surface area contributed by atoms with Crippen molar-refractivity contribution in [2.45, 2.75) is 20.8 Å². The second kappa shape index (κ2) is 10.0. The van der Waals surface area contributed by atoms with Gasteiger partial charge >= 0.3 is 0 Å². The minimum atomic E-state index is -0.415. The number of hydrogen-bond acceptors (Lipinski definition) is 3. The summed E-state index contributed by atoms with van der Waals surface area (Å²) in [5.41, 5.74) is 9.23. The number of benzene rings is 5. The van der Waals surface area contributed by atoms with Crippen LogP contribution < -0.4 is 0 Å². The van der Waals surface area contributed by atoms with Gasteiger partial charge in [-0.15, -0.1) is 0 Å². The fourth-order valence-electron chi connectivity index (χ4n) is 7.12. The van der Waals surface area contributed by atoms with Gasteiger partial charge in [-0.3, -0.25) is 0 Å². The van der Waals surface area contributed by atoms with Crippen LogP contribution in [0, 0.1) is 28.1 Å². The van der Waals surface area contributed by atoms with E-state index in [1.807, 2.05) is 42.5 Å². The highest BCUT2D eigenvalue weighted by Gasteiger charge is 2.29. The first-order chi connectivity index (χ1) is 22.9. The van der Waals surface area contributed by atoms with E-state index in [1.165, 1.54) is 3.58 Å². The number of rotatable bonds is 2. The lowest BCUT2D eigenvalue weighted by molar-refractivity contribution is 0.542. The lowest BCUT2D eigenvalue weighted by Gasteiger charge is -2.23. The minimum absolute atomic E-state index is 0.0359. The van der Waals surface area contributed by atoms with Gasteiger partial charge in [-0.05, 0) is 61.5 Å². The van der Waals surface area contributed by atoms with Crippen molar-refractivity contribution in [2.24, 2.45) is 5.41 Å². The Kier molecular flexibility index (Phi) is 5.94. The zero-order valence-electron chi connectivity index (χ0n) is 26.0. The molecule has 0 saturated carbocycles. The van der Waals surface area contributed by atoms with Crippen LogP contribution in [0.5, 0.6) is 0 Å². The van der Waals surface area contributed by atoms with Gasteiger partial charge in [0.25, 0.3) is 0 Å². The third-order valence-electron chi connectivity index (χ3n) is 9.25. The summed E-state index contributed by atoms with van der Waals surface area (Å²) in [6.07, 6.45) is 2.39. The zero-order valence-corrected chi connectivity index (χ0v) is 28.1. The van der Waals surface area contributed by atoms with Crippen LogP contribution in [-0.4, -0.2) is 13.1 Å². The third-order valence-corrected chi connectivity index (χ3v) is 12.8. The molecule has 0 radical (unpaired) electrons. The Labute approximate surface area is 280 Å². The molecule has 224 valence electrons. The molecule has 47 heavy (non-hydrogen) atoms. The molecule has 0 N–H and O–H groups in total. The van der Waals surface area contributed by atoms with E-state index in [-0.39, 0.29) is 5.41 Å². The summed E-state index contributed by atoms with van der Waals surface area (Å²) < 4.78 is 15.0. The molecule has 0 bridgehead atoms. The van der Waals surface area contributed by atoms with Gasteiger partial charge in [0.15, 0.2) is 0 Å². The van der Waals surface area contributed by atoms with E-state index in [4.69, 9.17) is 4.42 Å². The van der Waals surface area contributed by atoms with Crippen molar-refractivity contribution in [3.63, 3.8) is 0 Å². The van der Waals surface area contributed by atoms with Crippen LogP contribution in [-0.2, 0) is 0 Å². The van der Waals surface area contributed by atoms with E-state index in [0.29, 0.717) is 16.8 Å². The standard InChI is InChI=1S/C41H27IN4O/c1-41(2,3)37-20-29-35(21-42-37)45(33-19-17-28-27-12-6-9-15-36(27)47-40(28)38(29)33)34-18-16-24(22-43)30(23-44)39(34)46-31-13-7-4-10-25(31)26-11-5-8-14-32(26)46/h4-21H,1-3H3. The summed E-state index contributed by atoms with van der Waals surface area (Å²) in [5.74, 6) is 0. The molecule has 0 saturated heterocycles. The van der Waals surface area contributed by atoms with E-state index in [0.717, 1.165) is 71.6 Å². The lowest BCUT2D eigenvalue weighted by atomic mass is 9.94. The molecule has 5 nitrogen and oxygen atoms in total. The SMILES string of the molecule is CC(C)(C)C1=Cc2c(n(-c3ccc(C#N)c(C#N)c3-n3c4ccccc4c4ccccc43)c3ccc4c5ccccc5oc4c23)C=I1. The Bertz CT molecular complexity index is 2750. The van der Waals surface area contributed by atoms with Crippen LogP contribution in [0.4, 0.5) is 0 Å². The molecule has 0 atom stereocenters. The molecule has 1 aliphatic rings. The van der Waals surface area contributed by atoms with Crippen molar-refractivity contribution in [1.82, 2.24) is 9.13 Å². The first-order valence-corrected chi connectivity index (χ1v) is 17.8. The number of nitrogens with zero attached hydrogens (tertiary/aromatic N) is 4. The Balaban J connectivity index is 1.49. The van der Waals surface area contributed by atoms with Gasteiger partial charge < -0.3 is 13.6 Å². The van der Waals surface area contributed by atoms with E-state index >= 15 is 0 Å². The van der Waals surface area contributed by atoms with E-state index in [1.54, 1.807) is 6.07 Å². The molecule has 0 spiro atoms. The average Bonchev–Trinajstić information content (AvgIpc) is 3.74. The Morgan fingerprint density at radius 2 is 1.36 bits per heavy atom. The van der Waals surface area contributed by atoms with Gasteiger partial charge in [-0.25, -0.2) is 0 Å². The van der Waals surface area contributed by atoms with Crippen molar-refractivity contribution < 1.29 is 4.42 Å². The fourth-order valence-corrected chi connectivity index (χ4v) is 9.79. The van der Waals surface area contributed by atoms with Crippen molar-refractivity contribution >= 4 is 85.5 Å². The number of para-hydroxylation sites is 3. The van der Waals surface area contributed by atoms with E-state index in [2.05, 4.69) is 101 Å². The van der Waals surface area contributed by atoms with Gasteiger partial charge in [0, 0.05) is 27.1 Å². The third kappa shape index (κ3) is 3.89. The van der Waals surface area contributed by atoms with Crippen LogP contribution in [0.2, 0.25) is 0 Å². The molecule has 0 unspecified atom stereocenters. The first-order valence-electron chi connectivity index (χ1n) is 15.5. The maximum atomic E-state index is 10.7. The number of furan rings is 1. The van der Waals surface area contributed by atoms with Crippen molar-refractivity contribution in [3.05, 3.63) is 123 Å². The number of allylic oxidation sites excluding steroid dienone is 1. The van der Waals surface area contributed by atoms with E-state index in [9.17, 15) is 10.5 Å². The number of fused-ring (bicyclic) bond motifs is 10. The topological polar surface area (TPSA) is 70.6 Å². The smallest absolute Gasteiger partial charge is 0.145 e. The lowest BCUT2D eigenvalue weighted by Crippen LogP contribution is -2.11. The summed E-state index contributed by atoms with van der Waals surface area (Å²) in [5, 5.41) is 26.4. The summed E-state index contributed by atoms with van der Waals surface area (Å²) in [4.78, 5) is 0. The molecule has 3 aromatic heterocycles. The first kappa shape index (κ1) is 27.8. The van der Waals surface area contributed by atoms with Crippen molar-refractivity contribution in [3.8, 4) is 23.5 Å². The molecular weight excluding hydrogens is 691 g/mol. The maximum absolute atomic E-state index is 10.7. The number of hydrogen-bond donors (Lipinski definition) is 0. The van der Waals surface area contributed by atoms with E-state index < -0.39 is 20.7 Å². The van der Waals surface area contributed by atoms with Crippen LogP contribution in [0.25, 0.3) is 72.1 Å². The van der Waals surface area contributed by atoms with Gasteiger partial charge in [0.2, 0.25) is 0 Å². The zero-order chi connectivity index (χ0) is 32.0. The van der Waals surface area contributed by atoms with Crippen LogP contribution >= 0.6 is 20.7 Å². The fraction of sp³-hybridized carbons (Fsp3) is 0.0976. The molecule has 8 aromatic rings. The Morgan fingerprint density at radius 1 is 0.681 bits per heavy atom. The summed E-state index contributed by atoms with van der Waals surface area (Å²) in [6, 6.07) is 37.7. The van der Waals surface area contributed by atoms with Crippen LogP contribution in [0.1, 0.15) is 43.2 Å². The largest absolute Gasteiger partial charge is 0.455 e. The van der Waals surface area contributed by atoms with Crippen LogP contribution in [0.15, 0.2) is 105 Å². The minimum Gasteiger partial charge on any atom is -0.455 e. The van der Waals surface area contributed by atoms with Gasteiger partial charge in [-0.1, -0.05) is 96.1 Å². The van der Waals surface area contributed by atoms with Gasteiger partial charge in [-0.2, -0.15) is 10.5 Å². The van der Waals surface area contributed by atoms with Crippen molar-refractivity contribution in [2.75, 3.05) is 0 Å². The average molecular weight is 719 g/mol. The number of nitriles is 2. The highest BCUT2D eigenvalue weighted by Crippen LogP contribution is 2.47. The second-order valence-electron chi connectivity index (χ2n) is 13.0. The van der Waals surface area contributed by atoms with Gasteiger partial charge in [0.1, 0.15) is 23.3 Å². The molecule has 1 aliphatic heterocycles. The normalized spacial score (nSPS) is 13.2. The second-order valence-corrected chi connectivity index (χ2v) is 15.4. The van der Waals surface area contributed by atoms with Crippen LogP contribution in [0.3, 0.4) is 0 Å². The molecule has 0 aliphatic carbocycles. The maximum Gasteiger partial charge on any atom is 0.145 e. The predicted octanol–water partition coefficient (Wildman–Crippen LogP) is 10.9. The summed E-state index contributed by atoms with van der Waals surface area (Å²) in [7, 11) is 0. The van der Waals surface area contributed by atoms with Crippen molar-refractivity contribution in [1.29, 1.82) is 10.5 Å². The monoisotopic (exact) mass is 718 g/mol. The molecule has 0 amide bonds. The molecular formula is C41H27IN4O. The summed E-state index contributed by atoms with van der Waals surface area (Å²) in [6.45, 7) is 6.86. The van der Waals surface area contributed by atoms with Gasteiger partial charge in [0.05, 0.1) is 50.1 Å². The summed E-state index contributed by atoms with van der Waals surface area (Å²) >= 11 is -0.415. The number of aromatic nitrogens is 2. The number of halogens is 1. The Hall–Kier alpha value is -5.44. The molecule has 6 heteroatoms. The highest BCUT2D eigenvalue weighted by atomic mass is 127.